The van der Waals surface area contributed by atoms with Gasteiger partial charge in [0.25, 0.3) is 0 Å². The molecule has 3 nitrogen and oxygen atoms in total. The second kappa shape index (κ2) is 4.91. The van der Waals surface area contributed by atoms with Crippen molar-refractivity contribution < 1.29 is 10.2 Å². The van der Waals surface area contributed by atoms with E-state index in [0.29, 0.717) is 5.56 Å². The van der Waals surface area contributed by atoms with Gasteiger partial charge in [-0.15, -0.1) is 0 Å². The molecule has 0 saturated carbocycles. The van der Waals surface area contributed by atoms with E-state index in [0.717, 1.165) is 5.56 Å². The van der Waals surface area contributed by atoms with E-state index in [4.69, 9.17) is 5.73 Å². The topological polar surface area (TPSA) is 66.5 Å². The second-order valence-electron chi connectivity index (χ2n) is 3.08. The molecule has 3 heteroatoms. The average Bonchev–Trinajstić information content (AvgIpc) is 2.26. The monoisotopic (exact) mass is 193 g/mol. The van der Waals surface area contributed by atoms with Crippen LogP contribution >= 0.6 is 0 Å². The van der Waals surface area contributed by atoms with Gasteiger partial charge in [-0.05, 0) is 11.1 Å². The van der Waals surface area contributed by atoms with Gasteiger partial charge in [0.1, 0.15) is 6.10 Å². The Kier molecular flexibility index (Phi) is 3.83. The standard InChI is InChI=1S/C11H15NO2/c1-2-8-5-3-4-6-9(8)11(14)10(13)7-12/h2-6,10-11,13-14H,1,7,12H2. The van der Waals surface area contributed by atoms with Crippen LogP contribution in [-0.4, -0.2) is 22.9 Å². The van der Waals surface area contributed by atoms with E-state index in [1.807, 2.05) is 12.1 Å². The van der Waals surface area contributed by atoms with E-state index in [9.17, 15) is 10.2 Å². The van der Waals surface area contributed by atoms with Crippen LogP contribution in [0, 0.1) is 0 Å². The summed E-state index contributed by atoms with van der Waals surface area (Å²) >= 11 is 0. The highest BCUT2D eigenvalue weighted by atomic mass is 16.3. The predicted octanol–water partition coefficient (Wildman–Crippen LogP) is 0.683. The van der Waals surface area contributed by atoms with Crippen LogP contribution in [0.15, 0.2) is 30.8 Å². The summed E-state index contributed by atoms with van der Waals surface area (Å²) in [5.41, 5.74) is 6.73. The van der Waals surface area contributed by atoms with Crippen LogP contribution in [0.4, 0.5) is 0 Å². The predicted molar refractivity (Wildman–Crippen MR) is 56.6 cm³/mol. The van der Waals surface area contributed by atoms with Crippen molar-refractivity contribution in [3.05, 3.63) is 42.0 Å². The number of rotatable bonds is 4. The van der Waals surface area contributed by atoms with Crippen LogP contribution < -0.4 is 5.73 Å². The van der Waals surface area contributed by atoms with Gasteiger partial charge in [-0.25, -0.2) is 0 Å². The molecule has 0 heterocycles. The van der Waals surface area contributed by atoms with E-state index in [2.05, 4.69) is 6.58 Å². The van der Waals surface area contributed by atoms with Crippen LogP contribution in [0.5, 0.6) is 0 Å². The van der Waals surface area contributed by atoms with Gasteiger partial charge in [-0.1, -0.05) is 36.9 Å². The molecule has 0 aliphatic heterocycles. The second-order valence-corrected chi connectivity index (χ2v) is 3.08. The van der Waals surface area contributed by atoms with Crippen LogP contribution in [0.1, 0.15) is 17.2 Å². The van der Waals surface area contributed by atoms with Crippen molar-refractivity contribution in [2.45, 2.75) is 12.2 Å². The molecular weight excluding hydrogens is 178 g/mol. The Morgan fingerprint density at radius 1 is 1.36 bits per heavy atom. The molecule has 0 amide bonds. The van der Waals surface area contributed by atoms with Gasteiger partial charge in [-0.3, -0.25) is 0 Å². The molecule has 0 aliphatic rings. The summed E-state index contributed by atoms with van der Waals surface area (Å²) in [7, 11) is 0. The summed E-state index contributed by atoms with van der Waals surface area (Å²) in [5, 5.41) is 19.1. The Hall–Kier alpha value is -1.16. The summed E-state index contributed by atoms with van der Waals surface area (Å²) in [5.74, 6) is 0. The smallest absolute Gasteiger partial charge is 0.107 e. The molecule has 76 valence electrons. The molecule has 1 aromatic rings. The van der Waals surface area contributed by atoms with Crippen LogP contribution in [0.3, 0.4) is 0 Å². The molecule has 1 rings (SSSR count). The maximum atomic E-state index is 9.72. The SMILES string of the molecule is C=Cc1ccccc1C(O)C(O)CN. The third-order valence-corrected chi connectivity index (χ3v) is 2.14. The number of hydrogen-bond acceptors (Lipinski definition) is 3. The first kappa shape index (κ1) is 10.9. The Labute approximate surface area is 83.5 Å². The molecule has 0 aliphatic carbocycles. The van der Waals surface area contributed by atoms with Crippen molar-refractivity contribution in [2.75, 3.05) is 6.54 Å². The first-order valence-electron chi connectivity index (χ1n) is 4.48. The zero-order valence-electron chi connectivity index (χ0n) is 7.93. The minimum atomic E-state index is -0.950. The highest BCUT2D eigenvalue weighted by molar-refractivity contribution is 5.52. The van der Waals surface area contributed by atoms with Crippen molar-refractivity contribution in [1.29, 1.82) is 0 Å². The molecule has 2 atom stereocenters. The van der Waals surface area contributed by atoms with E-state index in [1.54, 1.807) is 18.2 Å². The summed E-state index contributed by atoms with van der Waals surface area (Å²) in [4.78, 5) is 0. The third-order valence-electron chi connectivity index (χ3n) is 2.14. The van der Waals surface area contributed by atoms with Gasteiger partial charge in [0.05, 0.1) is 6.10 Å². The summed E-state index contributed by atoms with van der Waals surface area (Å²) in [6, 6.07) is 7.23. The number of nitrogens with two attached hydrogens (primary N) is 1. The normalized spacial score (nSPS) is 14.8. The van der Waals surface area contributed by atoms with Crippen molar-refractivity contribution in [3.63, 3.8) is 0 Å². The molecule has 14 heavy (non-hydrogen) atoms. The molecule has 0 fully saturated rings. The third kappa shape index (κ3) is 2.20. The summed E-state index contributed by atoms with van der Waals surface area (Å²) in [6.07, 6.45) is -0.243. The lowest BCUT2D eigenvalue weighted by Gasteiger charge is -2.18. The minimum absolute atomic E-state index is 0.0344. The lowest BCUT2D eigenvalue weighted by atomic mass is 9.99. The molecule has 4 N–H and O–H groups in total. The van der Waals surface area contributed by atoms with Gasteiger partial charge < -0.3 is 15.9 Å². The summed E-state index contributed by atoms with van der Waals surface area (Å²) in [6.45, 7) is 3.67. The highest BCUT2D eigenvalue weighted by Crippen LogP contribution is 2.21. The Balaban J connectivity index is 2.99. The van der Waals surface area contributed by atoms with E-state index in [1.165, 1.54) is 0 Å². The average molecular weight is 193 g/mol. The number of aliphatic hydroxyl groups is 2. The van der Waals surface area contributed by atoms with E-state index in [-0.39, 0.29) is 6.54 Å². The Bertz CT molecular complexity index is 312. The number of hydrogen-bond donors (Lipinski definition) is 3. The van der Waals surface area contributed by atoms with E-state index < -0.39 is 12.2 Å². The molecule has 0 aromatic heterocycles. The van der Waals surface area contributed by atoms with Gasteiger partial charge in [-0.2, -0.15) is 0 Å². The first-order chi connectivity index (χ1) is 6.70. The molecule has 0 bridgehead atoms. The molecule has 2 unspecified atom stereocenters. The zero-order valence-corrected chi connectivity index (χ0v) is 7.93. The lowest BCUT2D eigenvalue weighted by molar-refractivity contribution is 0.0242. The van der Waals surface area contributed by atoms with Crippen LogP contribution in [0.25, 0.3) is 6.08 Å². The summed E-state index contributed by atoms with van der Waals surface area (Å²) < 4.78 is 0. The quantitative estimate of drug-likeness (QED) is 0.659. The fraction of sp³-hybridized carbons (Fsp3) is 0.273. The molecule has 1 aromatic carbocycles. The highest BCUT2D eigenvalue weighted by Gasteiger charge is 2.18. The fourth-order valence-corrected chi connectivity index (χ4v) is 1.30. The Morgan fingerprint density at radius 3 is 2.57 bits per heavy atom. The Morgan fingerprint density at radius 2 is 2.00 bits per heavy atom. The van der Waals surface area contributed by atoms with E-state index >= 15 is 0 Å². The molecule has 0 spiro atoms. The zero-order chi connectivity index (χ0) is 10.6. The van der Waals surface area contributed by atoms with Gasteiger partial charge in [0.15, 0.2) is 0 Å². The van der Waals surface area contributed by atoms with Crippen molar-refractivity contribution in [2.24, 2.45) is 5.73 Å². The maximum Gasteiger partial charge on any atom is 0.107 e. The molecular formula is C11H15NO2. The maximum absolute atomic E-state index is 9.72. The number of aliphatic hydroxyl groups excluding tert-OH is 2. The fourth-order valence-electron chi connectivity index (χ4n) is 1.30. The van der Waals surface area contributed by atoms with Crippen LogP contribution in [0.2, 0.25) is 0 Å². The largest absolute Gasteiger partial charge is 0.389 e. The molecule has 0 radical (unpaired) electrons. The van der Waals surface area contributed by atoms with Gasteiger partial charge in [0.2, 0.25) is 0 Å². The first-order valence-corrected chi connectivity index (χ1v) is 4.48. The van der Waals surface area contributed by atoms with Gasteiger partial charge >= 0.3 is 0 Å². The van der Waals surface area contributed by atoms with Crippen molar-refractivity contribution in [1.82, 2.24) is 0 Å². The van der Waals surface area contributed by atoms with Crippen molar-refractivity contribution in [3.8, 4) is 0 Å². The van der Waals surface area contributed by atoms with Gasteiger partial charge in [0, 0.05) is 6.54 Å². The minimum Gasteiger partial charge on any atom is -0.389 e. The van der Waals surface area contributed by atoms with Crippen molar-refractivity contribution >= 4 is 6.08 Å². The molecule has 0 saturated heterocycles. The van der Waals surface area contributed by atoms with Crippen LogP contribution in [-0.2, 0) is 0 Å². The lowest BCUT2D eigenvalue weighted by Crippen LogP contribution is -2.27. The number of benzene rings is 1.